The minimum absolute atomic E-state index is 0.208. The van der Waals surface area contributed by atoms with Gasteiger partial charge in [0, 0.05) is 0 Å². The van der Waals surface area contributed by atoms with Gasteiger partial charge in [-0.1, -0.05) is 12.1 Å². The maximum absolute atomic E-state index is 13.0. The Hall–Kier alpha value is -0.480. The van der Waals surface area contributed by atoms with Gasteiger partial charge in [0.1, 0.15) is 0 Å². The molecule has 0 aliphatic heterocycles. The average molecular weight is 350 g/mol. The molecule has 0 aliphatic carbocycles. The largest absolute Gasteiger partial charge is 0.362 e. The summed E-state index contributed by atoms with van der Waals surface area (Å²) in [4.78, 5) is 0. The molecule has 8 heteroatoms. The normalized spacial score (nSPS) is 12.5. The van der Waals surface area contributed by atoms with Gasteiger partial charge in [0.05, 0.1) is 37.0 Å². The molecule has 0 unspecified atom stereocenters. The van der Waals surface area contributed by atoms with Crippen molar-refractivity contribution in [1.82, 2.24) is 0 Å². The molecule has 0 saturated heterocycles. The van der Waals surface area contributed by atoms with Crippen LogP contribution in [-0.4, -0.2) is 26.4 Å². The van der Waals surface area contributed by atoms with Gasteiger partial charge in [-0.15, -0.1) is 0 Å². The molecule has 0 atom stereocenters. The second kappa shape index (κ2) is 8.97. The Labute approximate surface area is 132 Å². The molecular weight excluding hydrogens is 326 g/mol. The van der Waals surface area contributed by atoms with Crippen molar-refractivity contribution in [2.75, 3.05) is 26.4 Å². The minimum Gasteiger partial charge on any atom is -0.305 e. The Balaban J connectivity index is 3.44. The molecule has 0 spiro atoms. The van der Waals surface area contributed by atoms with Crippen molar-refractivity contribution in [2.24, 2.45) is 0 Å². The van der Waals surface area contributed by atoms with Crippen LogP contribution in [0, 0.1) is 0 Å². The van der Waals surface area contributed by atoms with Crippen molar-refractivity contribution in [3.05, 3.63) is 24.3 Å². The number of rotatable bonds is 10. The van der Waals surface area contributed by atoms with Crippen LogP contribution in [0.1, 0.15) is 27.7 Å². The number of hydrogen-bond acceptors (Lipinski definition) is 6. The topological polar surface area (TPSA) is 71.1 Å². The molecule has 1 rings (SSSR count). The first-order valence-electron chi connectivity index (χ1n) is 7.35. The first-order valence-corrected chi connectivity index (χ1v) is 10.4. The Bertz CT molecular complexity index is 491. The summed E-state index contributed by atoms with van der Waals surface area (Å²) in [7, 11) is -7.17. The molecule has 0 amide bonds. The van der Waals surface area contributed by atoms with Gasteiger partial charge in [-0.05, 0) is 39.8 Å². The highest BCUT2D eigenvalue weighted by Crippen LogP contribution is 2.52. The van der Waals surface area contributed by atoms with Gasteiger partial charge in [-0.3, -0.25) is 9.13 Å². The highest BCUT2D eigenvalue weighted by Gasteiger charge is 2.38. The molecule has 1 aromatic carbocycles. The van der Waals surface area contributed by atoms with Gasteiger partial charge < -0.3 is 18.1 Å². The van der Waals surface area contributed by atoms with E-state index < -0.39 is 15.2 Å². The molecule has 22 heavy (non-hydrogen) atoms. The number of hydrogen-bond donors (Lipinski definition) is 0. The molecule has 0 saturated carbocycles. The zero-order chi connectivity index (χ0) is 16.6. The quantitative estimate of drug-likeness (QED) is 0.602. The van der Waals surface area contributed by atoms with Gasteiger partial charge in [0.2, 0.25) is 0 Å². The van der Waals surface area contributed by atoms with Gasteiger partial charge in [0.25, 0.3) is 0 Å². The summed E-state index contributed by atoms with van der Waals surface area (Å²) in [6.45, 7) is 7.71. The summed E-state index contributed by atoms with van der Waals surface area (Å²) in [5, 5.41) is 0.452. The van der Waals surface area contributed by atoms with E-state index in [0.717, 1.165) is 0 Å². The Morgan fingerprint density at radius 2 is 0.955 bits per heavy atom. The van der Waals surface area contributed by atoms with Crippen LogP contribution < -0.4 is 10.6 Å². The lowest BCUT2D eigenvalue weighted by Crippen LogP contribution is -2.28. The van der Waals surface area contributed by atoms with Crippen LogP contribution in [0.25, 0.3) is 0 Å². The lowest BCUT2D eigenvalue weighted by molar-refractivity contribution is 0.226. The van der Waals surface area contributed by atoms with Gasteiger partial charge >= 0.3 is 15.2 Å². The summed E-state index contributed by atoms with van der Waals surface area (Å²) < 4.78 is 47.4. The fraction of sp³-hybridized carbons (Fsp3) is 0.571. The van der Waals surface area contributed by atoms with Crippen molar-refractivity contribution in [3.63, 3.8) is 0 Å². The molecular formula is C14H24O6P2. The van der Waals surface area contributed by atoms with Crippen molar-refractivity contribution in [2.45, 2.75) is 27.7 Å². The molecule has 0 aliphatic rings. The molecule has 0 aromatic heterocycles. The summed E-state index contributed by atoms with van der Waals surface area (Å²) in [6.07, 6.45) is 0. The van der Waals surface area contributed by atoms with Crippen LogP contribution in [0.5, 0.6) is 0 Å². The summed E-state index contributed by atoms with van der Waals surface area (Å²) in [6, 6.07) is 6.52. The standard InChI is InChI=1S/C14H24O6P2/c1-5-17-21(15,18-6-2)13-11-9-10-12-14(13)22(16,19-7-3)20-8-4/h9-12H,5-8H2,1-4H3. The van der Waals surface area contributed by atoms with Crippen molar-refractivity contribution in [3.8, 4) is 0 Å². The summed E-state index contributed by atoms with van der Waals surface area (Å²) >= 11 is 0. The smallest absolute Gasteiger partial charge is 0.305 e. The van der Waals surface area contributed by atoms with Crippen LogP contribution >= 0.6 is 15.2 Å². The molecule has 0 bridgehead atoms. The SMILES string of the molecule is CCOP(=O)(OCC)c1ccccc1P(=O)(OCC)OCC. The second-order valence-corrected chi connectivity index (χ2v) is 8.14. The Morgan fingerprint density at radius 3 is 1.18 bits per heavy atom. The van der Waals surface area contributed by atoms with Gasteiger partial charge in [0.15, 0.2) is 0 Å². The maximum Gasteiger partial charge on any atom is 0.362 e. The van der Waals surface area contributed by atoms with Crippen molar-refractivity contribution >= 4 is 25.8 Å². The van der Waals surface area contributed by atoms with E-state index in [1.807, 2.05) is 0 Å². The molecule has 126 valence electrons. The van der Waals surface area contributed by atoms with E-state index in [1.165, 1.54) is 0 Å². The Morgan fingerprint density at radius 1 is 0.682 bits per heavy atom. The van der Waals surface area contributed by atoms with E-state index in [9.17, 15) is 9.13 Å². The van der Waals surface area contributed by atoms with Crippen molar-refractivity contribution < 1.29 is 27.2 Å². The third-order valence-electron chi connectivity index (χ3n) is 2.67. The van der Waals surface area contributed by atoms with Crippen LogP contribution in [-0.2, 0) is 27.2 Å². The zero-order valence-electron chi connectivity index (χ0n) is 13.5. The van der Waals surface area contributed by atoms with Crippen LogP contribution in [0.15, 0.2) is 24.3 Å². The first-order chi connectivity index (χ1) is 10.5. The third kappa shape index (κ3) is 4.51. The van der Waals surface area contributed by atoms with E-state index in [0.29, 0.717) is 0 Å². The molecule has 1 aromatic rings. The Kier molecular flexibility index (Phi) is 7.98. The monoisotopic (exact) mass is 350 g/mol. The lowest BCUT2D eigenvalue weighted by atomic mass is 10.4. The van der Waals surface area contributed by atoms with E-state index in [4.69, 9.17) is 18.1 Å². The molecule has 0 heterocycles. The lowest BCUT2D eigenvalue weighted by Gasteiger charge is -2.24. The minimum atomic E-state index is -3.59. The van der Waals surface area contributed by atoms with Crippen LogP contribution in [0.4, 0.5) is 0 Å². The highest BCUT2D eigenvalue weighted by molar-refractivity contribution is 7.68. The van der Waals surface area contributed by atoms with Gasteiger partial charge in [-0.2, -0.15) is 0 Å². The highest BCUT2D eigenvalue weighted by atomic mass is 31.2. The molecule has 6 nitrogen and oxygen atoms in total. The van der Waals surface area contributed by atoms with Crippen LogP contribution in [0.2, 0.25) is 0 Å². The van der Waals surface area contributed by atoms with Crippen LogP contribution in [0.3, 0.4) is 0 Å². The van der Waals surface area contributed by atoms with E-state index >= 15 is 0 Å². The average Bonchev–Trinajstić information content (AvgIpc) is 2.48. The fourth-order valence-electron chi connectivity index (χ4n) is 1.96. The number of benzene rings is 1. The summed E-state index contributed by atoms with van der Waals surface area (Å²) in [5.41, 5.74) is 0. The van der Waals surface area contributed by atoms with Gasteiger partial charge in [-0.25, -0.2) is 0 Å². The predicted octanol–water partition coefficient (Wildman–Crippen LogP) is 3.47. The first kappa shape index (κ1) is 19.6. The fourth-order valence-corrected chi connectivity index (χ4v) is 6.01. The van der Waals surface area contributed by atoms with Crippen molar-refractivity contribution in [1.29, 1.82) is 0 Å². The second-order valence-electron chi connectivity index (χ2n) is 4.15. The van der Waals surface area contributed by atoms with E-state index in [2.05, 4.69) is 0 Å². The molecule has 0 N–H and O–H groups in total. The molecule has 0 radical (unpaired) electrons. The predicted molar refractivity (Wildman–Crippen MR) is 87.4 cm³/mol. The zero-order valence-corrected chi connectivity index (χ0v) is 15.3. The molecule has 0 fully saturated rings. The maximum atomic E-state index is 13.0. The third-order valence-corrected chi connectivity index (χ3v) is 7.20. The van der Waals surface area contributed by atoms with E-state index in [-0.39, 0.29) is 37.0 Å². The van der Waals surface area contributed by atoms with E-state index in [1.54, 1.807) is 52.0 Å². The summed E-state index contributed by atoms with van der Waals surface area (Å²) in [5.74, 6) is 0.